The molecule has 0 bridgehead atoms. The summed E-state index contributed by atoms with van der Waals surface area (Å²) in [5.41, 5.74) is 0. The van der Waals surface area contributed by atoms with E-state index in [0.717, 1.165) is 5.82 Å². The Hall–Kier alpha value is -1.04. The molecule has 0 saturated heterocycles. The predicted octanol–water partition coefficient (Wildman–Crippen LogP) is -0.639. The number of nitrogens with zero attached hydrogens (tertiary/aromatic N) is 3. The molecule has 0 radical (unpaired) electrons. The quantitative estimate of drug-likeness (QED) is 0.617. The lowest BCUT2D eigenvalue weighted by Gasteiger charge is -2.01. The Balaban J connectivity index is 2.43. The van der Waals surface area contributed by atoms with E-state index in [9.17, 15) is 4.79 Å². The molecule has 0 spiro atoms. The zero-order valence-corrected chi connectivity index (χ0v) is 7.58. The van der Waals surface area contributed by atoms with Gasteiger partial charge in [0, 0.05) is 7.05 Å². The number of nitrogens with one attached hydrogen (secondary N) is 1. The van der Waals surface area contributed by atoms with Gasteiger partial charge in [0.05, 0.1) is 12.3 Å². The largest absolute Gasteiger partial charge is 0.348 e. The highest BCUT2D eigenvalue weighted by Crippen LogP contribution is 1.89. The van der Waals surface area contributed by atoms with Gasteiger partial charge in [-0.2, -0.15) is 12.6 Å². The third-order valence-corrected chi connectivity index (χ3v) is 1.68. The highest BCUT2D eigenvalue weighted by Gasteiger charge is 2.01. The van der Waals surface area contributed by atoms with Gasteiger partial charge in [-0.15, -0.1) is 10.2 Å². The standard InChI is InChI=1S/C6H10N4OS/c1-10-4-8-9-5(10)2-7-6(11)3-12/h4,12H,2-3H2,1H3,(H,7,11). The summed E-state index contributed by atoms with van der Waals surface area (Å²) in [6.07, 6.45) is 1.59. The van der Waals surface area contributed by atoms with Crippen LogP contribution in [0.5, 0.6) is 0 Å². The summed E-state index contributed by atoms with van der Waals surface area (Å²) in [4.78, 5) is 10.8. The first-order valence-electron chi connectivity index (χ1n) is 3.44. The van der Waals surface area contributed by atoms with Crippen LogP contribution in [-0.2, 0) is 18.4 Å². The number of amides is 1. The molecular formula is C6H10N4OS. The minimum atomic E-state index is -0.110. The molecule has 0 atom stereocenters. The molecule has 1 N–H and O–H groups in total. The third kappa shape index (κ3) is 2.23. The van der Waals surface area contributed by atoms with E-state index < -0.39 is 0 Å². The summed E-state index contributed by atoms with van der Waals surface area (Å²) in [6.45, 7) is 0.399. The Bertz CT molecular complexity index is 272. The molecule has 0 fully saturated rings. The van der Waals surface area contributed by atoms with Crippen LogP contribution in [0.4, 0.5) is 0 Å². The fourth-order valence-corrected chi connectivity index (χ4v) is 0.813. The van der Waals surface area contributed by atoms with Crippen LogP contribution in [0.3, 0.4) is 0 Å². The van der Waals surface area contributed by atoms with Crippen molar-refractivity contribution < 1.29 is 4.79 Å². The molecule has 6 heteroatoms. The van der Waals surface area contributed by atoms with E-state index in [4.69, 9.17) is 0 Å². The van der Waals surface area contributed by atoms with Crippen molar-refractivity contribution in [3.63, 3.8) is 0 Å². The number of aromatic nitrogens is 3. The Morgan fingerprint density at radius 3 is 3.08 bits per heavy atom. The van der Waals surface area contributed by atoms with Crippen molar-refractivity contribution in [3.05, 3.63) is 12.2 Å². The van der Waals surface area contributed by atoms with Crippen LogP contribution < -0.4 is 5.32 Å². The highest BCUT2D eigenvalue weighted by molar-refractivity contribution is 7.81. The number of aryl methyl sites for hydroxylation is 1. The monoisotopic (exact) mass is 186 g/mol. The lowest BCUT2D eigenvalue weighted by molar-refractivity contribution is -0.118. The minimum absolute atomic E-state index is 0.110. The van der Waals surface area contributed by atoms with Crippen LogP contribution in [0, 0.1) is 0 Å². The summed E-state index contributed by atoms with van der Waals surface area (Å²) >= 11 is 3.82. The van der Waals surface area contributed by atoms with Crippen LogP contribution in [0.25, 0.3) is 0 Å². The van der Waals surface area contributed by atoms with Crippen LogP contribution >= 0.6 is 12.6 Å². The third-order valence-electron chi connectivity index (χ3n) is 1.39. The molecule has 1 aromatic heterocycles. The second-order valence-corrected chi connectivity index (χ2v) is 2.61. The van der Waals surface area contributed by atoms with E-state index in [0.29, 0.717) is 6.54 Å². The van der Waals surface area contributed by atoms with Crippen molar-refractivity contribution >= 4 is 18.5 Å². The predicted molar refractivity (Wildman–Crippen MR) is 46.7 cm³/mol. The molecule has 1 amide bonds. The average Bonchev–Trinajstić information content (AvgIpc) is 2.47. The van der Waals surface area contributed by atoms with E-state index >= 15 is 0 Å². The van der Waals surface area contributed by atoms with Gasteiger partial charge in [0.2, 0.25) is 5.91 Å². The topological polar surface area (TPSA) is 59.8 Å². The highest BCUT2D eigenvalue weighted by atomic mass is 32.1. The van der Waals surface area contributed by atoms with Gasteiger partial charge in [-0.3, -0.25) is 4.79 Å². The smallest absolute Gasteiger partial charge is 0.230 e. The summed E-state index contributed by atoms with van der Waals surface area (Å²) in [6, 6.07) is 0. The van der Waals surface area contributed by atoms with Gasteiger partial charge in [0.25, 0.3) is 0 Å². The molecule has 0 aliphatic carbocycles. The van der Waals surface area contributed by atoms with Crippen molar-refractivity contribution in [2.24, 2.45) is 7.05 Å². The van der Waals surface area contributed by atoms with Gasteiger partial charge >= 0.3 is 0 Å². The summed E-state index contributed by atoms with van der Waals surface area (Å²) in [7, 11) is 1.82. The zero-order chi connectivity index (χ0) is 8.97. The van der Waals surface area contributed by atoms with Gasteiger partial charge in [-0.25, -0.2) is 0 Å². The van der Waals surface area contributed by atoms with Crippen molar-refractivity contribution in [3.8, 4) is 0 Å². The summed E-state index contributed by atoms with van der Waals surface area (Å²) < 4.78 is 1.75. The van der Waals surface area contributed by atoms with Crippen molar-refractivity contribution in [1.29, 1.82) is 0 Å². The maximum Gasteiger partial charge on any atom is 0.230 e. The van der Waals surface area contributed by atoms with Gasteiger partial charge in [0.15, 0.2) is 5.82 Å². The number of carbonyl (C=O) groups excluding carboxylic acids is 1. The molecule has 1 rings (SSSR count). The van der Waals surface area contributed by atoms with Gasteiger partial charge in [-0.05, 0) is 0 Å². The molecule has 5 nitrogen and oxygen atoms in total. The molecule has 0 aliphatic rings. The zero-order valence-electron chi connectivity index (χ0n) is 6.69. The summed E-state index contributed by atoms with van der Waals surface area (Å²) in [5.74, 6) is 0.809. The second-order valence-electron chi connectivity index (χ2n) is 2.29. The first-order chi connectivity index (χ1) is 5.74. The molecule has 0 unspecified atom stereocenters. The first-order valence-corrected chi connectivity index (χ1v) is 4.07. The second kappa shape index (κ2) is 4.10. The number of rotatable bonds is 3. The van der Waals surface area contributed by atoms with Gasteiger partial charge in [0.1, 0.15) is 6.33 Å². The Morgan fingerprint density at radius 2 is 2.58 bits per heavy atom. The first kappa shape index (κ1) is 9.05. The number of thiol groups is 1. The number of hydrogen-bond acceptors (Lipinski definition) is 4. The Kier molecular flexibility index (Phi) is 3.09. The maximum atomic E-state index is 10.8. The van der Waals surface area contributed by atoms with Crippen LogP contribution in [0.15, 0.2) is 6.33 Å². The van der Waals surface area contributed by atoms with E-state index in [1.54, 1.807) is 10.9 Å². The Labute approximate surface area is 75.6 Å². The van der Waals surface area contributed by atoms with Crippen molar-refractivity contribution in [2.45, 2.75) is 6.54 Å². The fourth-order valence-electron chi connectivity index (χ4n) is 0.701. The number of carbonyl (C=O) groups is 1. The van der Waals surface area contributed by atoms with Crippen molar-refractivity contribution in [2.75, 3.05) is 5.75 Å². The molecule has 0 aliphatic heterocycles. The lowest BCUT2D eigenvalue weighted by atomic mass is 10.5. The van der Waals surface area contributed by atoms with Crippen LogP contribution in [0.1, 0.15) is 5.82 Å². The average molecular weight is 186 g/mol. The van der Waals surface area contributed by atoms with E-state index in [1.807, 2.05) is 7.05 Å². The van der Waals surface area contributed by atoms with Crippen molar-refractivity contribution in [1.82, 2.24) is 20.1 Å². The molecule has 1 aromatic rings. The molecule has 12 heavy (non-hydrogen) atoms. The maximum absolute atomic E-state index is 10.8. The minimum Gasteiger partial charge on any atom is -0.348 e. The molecule has 66 valence electrons. The SMILES string of the molecule is Cn1cnnc1CNC(=O)CS. The number of hydrogen-bond donors (Lipinski definition) is 2. The summed E-state index contributed by atoms with van der Waals surface area (Å²) in [5, 5.41) is 10.1. The molecule has 1 heterocycles. The van der Waals surface area contributed by atoms with E-state index in [-0.39, 0.29) is 11.7 Å². The van der Waals surface area contributed by atoms with Gasteiger partial charge < -0.3 is 9.88 Å². The molecule has 0 saturated carbocycles. The lowest BCUT2D eigenvalue weighted by Crippen LogP contribution is -2.25. The normalized spacial score (nSPS) is 9.83. The molecule has 0 aromatic carbocycles. The van der Waals surface area contributed by atoms with E-state index in [2.05, 4.69) is 28.1 Å². The van der Waals surface area contributed by atoms with Crippen LogP contribution in [0.2, 0.25) is 0 Å². The van der Waals surface area contributed by atoms with Crippen LogP contribution in [-0.4, -0.2) is 26.4 Å². The molecular weight excluding hydrogens is 176 g/mol. The Morgan fingerprint density at radius 1 is 1.83 bits per heavy atom. The fraction of sp³-hybridized carbons (Fsp3) is 0.500. The van der Waals surface area contributed by atoms with E-state index in [1.165, 1.54) is 0 Å². The van der Waals surface area contributed by atoms with Gasteiger partial charge in [-0.1, -0.05) is 0 Å².